The summed E-state index contributed by atoms with van der Waals surface area (Å²) in [5.74, 6) is -1.07. The normalized spacial score (nSPS) is 16.7. The van der Waals surface area contributed by atoms with Crippen LogP contribution in [0.15, 0.2) is 33.9 Å². The number of carbonyl (C=O) groups excluding carboxylic acids is 1. The average Bonchev–Trinajstić information content (AvgIpc) is 2.81. The maximum absolute atomic E-state index is 12.3. The topological polar surface area (TPSA) is 90.5 Å². The Kier molecular flexibility index (Phi) is 2.72. The molecule has 1 aromatic heterocycles. The number of ether oxygens (including phenoxy) is 1. The summed E-state index contributed by atoms with van der Waals surface area (Å²) < 4.78 is 7.00. The molecule has 0 fully saturated rings. The molecule has 0 unspecified atom stereocenters. The third-order valence-electron chi connectivity index (χ3n) is 3.62. The summed E-state index contributed by atoms with van der Waals surface area (Å²) in [4.78, 5) is 35.8. The van der Waals surface area contributed by atoms with E-state index in [1.54, 1.807) is 24.3 Å². The molecule has 1 aliphatic heterocycles. The molecule has 0 saturated heterocycles. The van der Waals surface area contributed by atoms with E-state index in [1.165, 1.54) is 14.1 Å². The van der Waals surface area contributed by atoms with Crippen LogP contribution in [-0.2, 0) is 18.8 Å². The summed E-state index contributed by atoms with van der Waals surface area (Å²) in [7, 11) is 2.64. The van der Waals surface area contributed by atoms with E-state index in [0.717, 1.165) is 9.13 Å². The molecule has 0 amide bonds. The Balaban J connectivity index is 2.32. The maximum atomic E-state index is 12.3. The highest BCUT2D eigenvalue weighted by Gasteiger charge is 2.36. The number of aromatic nitrogens is 2. The predicted molar refractivity (Wildman–Crippen MR) is 72.3 cm³/mol. The van der Waals surface area contributed by atoms with Gasteiger partial charge in [0.2, 0.25) is 5.88 Å². The van der Waals surface area contributed by atoms with Crippen molar-refractivity contribution >= 4 is 5.97 Å². The molecule has 7 heteroatoms. The second-order valence-corrected chi connectivity index (χ2v) is 4.82. The smallest absolute Gasteiger partial charge is 0.339 e. The van der Waals surface area contributed by atoms with Gasteiger partial charge in [-0.2, -0.15) is 0 Å². The number of hydrogen-bond donors (Lipinski definition) is 1. The Labute approximate surface area is 118 Å². The number of nitrogens with zero attached hydrogens (tertiary/aromatic N) is 2. The molecule has 0 spiro atoms. The third-order valence-corrected chi connectivity index (χ3v) is 3.62. The molecule has 7 nitrogen and oxygen atoms in total. The second kappa shape index (κ2) is 4.34. The molecule has 21 heavy (non-hydrogen) atoms. The lowest BCUT2D eigenvalue weighted by atomic mass is 10.0. The van der Waals surface area contributed by atoms with Crippen molar-refractivity contribution in [2.75, 3.05) is 0 Å². The summed E-state index contributed by atoms with van der Waals surface area (Å²) in [5, 5.41) is 10.1. The van der Waals surface area contributed by atoms with Gasteiger partial charge in [-0.3, -0.25) is 13.9 Å². The zero-order valence-corrected chi connectivity index (χ0v) is 11.4. The number of rotatable bonds is 1. The van der Waals surface area contributed by atoms with Crippen LogP contribution in [0.5, 0.6) is 5.88 Å². The summed E-state index contributed by atoms with van der Waals surface area (Å²) in [6.07, 6.45) is -1.01. The second-order valence-electron chi connectivity index (χ2n) is 4.82. The molecule has 2 aromatic rings. The van der Waals surface area contributed by atoms with Crippen molar-refractivity contribution in [3.05, 3.63) is 61.8 Å². The van der Waals surface area contributed by atoms with Gasteiger partial charge < -0.3 is 9.84 Å². The van der Waals surface area contributed by atoms with E-state index in [9.17, 15) is 19.5 Å². The highest BCUT2D eigenvalue weighted by atomic mass is 16.5. The zero-order valence-electron chi connectivity index (χ0n) is 11.4. The number of cyclic esters (lactones) is 1. The molecule has 1 aromatic carbocycles. The van der Waals surface area contributed by atoms with Gasteiger partial charge >= 0.3 is 11.7 Å². The molecule has 0 bridgehead atoms. The molecule has 1 aliphatic rings. The fourth-order valence-electron chi connectivity index (χ4n) is 2.45. The van der Waals surface area contributed by atoms with Crippen molar-refractivity contribution in [2.24, 2.45) is 14.1 Å². The van der Waals surface area contributed by atoms with Crippen LogP contribution in [0.4, 0.5) is 0 Å². The van der Waals surface area contributed by atoms with Crippen LogP contribution in [0, 0.1) is 0 Å². The third kappa shape index (κ3) is 1.70. The highest BCUT2D eigenvalue weighted by molar-refractivity contribution is 5.94. The summed E-state index contributed by atoms with van der Waals surface area (Å²) in [6.45, 7) is 0. The van der Waals surface area contributed by atoms with Gasteiger partial charge in [0, 0.05) is 19.7 Å². The maximum Gasteiger partial charge on any atom is 0.339 e. The number of fused-ring (bicyclic) bond motifs is 1. The molecule has 0 radical (unpaired) electrons. The first kappa shape index (κ1) is 13.2. The number of aromatic hydroxyl groups is 1. The van der Waals surface area contributed by atoms with E-state index in [4.69, 9.17) is 4.74 Å². The lowest BCUT2D eigenvalue weighted by molar-refractivity contribution is 0.0448. The Morgan fingerprint density at radius 3 is 2.48 bits per heavy atom. The van der Waals surface area contributed by atoms with Crippen molar-refractivity contribution in [2.45, 2.75) is 6.10 Å². The number of carbonyl (C=O) groups is 1. The van der Waals surface area contributed by atoms with Crippen molar-refractivity contribution in [3.63, 3.8) is 0 Å². The average molecular weight is 288 g/mol. The quantitative estimate of drug-likeness (QED) is 0.749. The number of hydrogen-bond acceptors (Lipinski definition) is 5. The Bertz CT molecular complexity index is 878. The van der Waals surface area contributed by atoms with E-state index >= 15 is 0 Å². The van der Waals surface area contributed by atoms with Crippen molar-refractivity contribution in [1.29, 1.82) is 0 Å². The minimum atomic E-state index is -1.01. The van der Waals surface area contributed by atoms with Gasteiger partial charge in [-0.25, -0.2) is 9.59 Å². The highest BCUT2D eigenvalue weighted by Crippen LogP contribution is 2.36. The van der Waals surface area contributed by atoms with Gasteiger partial charge in [0.25, 0.3) is 5.56 Å². The van der Waals surface area contributed by atoms with Crippen molar-refractivity contribution in [1.82, 2.24) is 9.13 Å². The summed E-state index contributed by atoms with van der Waals surface area (Å²) in [6, 6.07) is 6.62. The fourth-order valence-corrected chi connectivity index (χ4v) is 2.45. The van der Waals surface area contributed by atoms with Gasteiger partial charge in [-0.05, 0) is 6.07 Å². The van der Waals surface area contributed by atoms with E-state index in [-0.39, 0.29) is 5.56 Å². The van der Waals surface area contributed by atoms with Crippen LogP contribution in [-0.4, -0.2) is 20.2 Å². The Morgan fingerprint density at radius 2 is 1.76 bits per heavy atom. The van der Waals surface area contributed by atoms with Gasteiger partial charge in [0.15, 0.2) is 6.10 Å². The first-order chi connectivity index (χ1) is 9.93. The van der Waals surface area contributed by atoms with E-state index in [0.29, 0.717) is 11.1 Å². The van der Waals surface area contributed by atoms with Gasteiger partial charge in [-0.1, -0.05) is 18.2 Å². The lowest BCUT2D eigenvalue weighted by Gasteiger charge is -2.15. The lowest BCUT2D eigenvalue weighted by Crippen LogP contribution is -2.39. The van der Waals surface area contributed by atoms with Crippen LogP contribution >= 0.6 is 0 Å². The number of esters is 1. The monoisotopic (exact) mass is 288 g/mol. The molecular weight excluding hydrogens is 276 g/mol. The van der Waals surface area contributed by atoms with E-state index in [2.05, 4.69) is 0 Å². The first-order valence-electron chi connectivity index (χ1n) is 6.22. The molecule has 1 N–H and O–H groups in total. The van der Waals surface area contributed by atoms with Crippen molar-refractivity contribution < 1.29 is 14.6 Å². The molecule has 0 aliphatic carbocycles. The van der Waals surface area contributed by atoms with Crippen LogP contribution < -0.4 is 11.2 Å². The number of benzene rings is 1. The largest absolute Gasteiger partial charge is 0.494 e. The molecule has 1 atom stereocenters. The Hall–Kier alpha value is -2.83. The molecule has 2 heterocycles. The summed E-state index contributed by atoms with van der Waals surface area (Å²) in [5.41, 5.74) is -0.631. The van der Waals surface area contributed by atoms with Crippen LogP contribution in [0.25, 0.3) is 0 Å². The van der Waals surface area contributed by atoms with E-state index < -0.39 is 29.2 Å². The Morgan fingerprint density at radius 1 is 1.10 bits per heavy atom. The summed E-state index contributed by atoms with van der Waals surface area (Å²) >= 11 is 0. The SMILES string of the molecule is Cn1c(O)c([C@@H]2OC(=O)c3ccccc32)c(=O)n(C)c1=O. The standard InChI is InChI=1S/C14H12N2O5/c1-15-11(17)9(12(18)16(2)14(15)20)10-7-5-3-4-6-8(7)13(19)21-10/h3-6,10,17H,1-2H3/t10-/m1/s1. The van der Waals surface area contributed by atoms with Crippen LogP contribution in [0.2, 0.25) is 0 Å². The van der Waals surface area contributed by atoms with Gasteiger partial charge in [0.05, 0.1) is 5.56 Å². The van der Waals surface area contributed by atoms with Gasteiger partial charge in [0.1, 0.15) is 5.56 Å². The molecule has 108 valence electrons. The van der Waals surface area contributed by atoms with Crippen LogP contribution in [0.3, 0.4) is 0 Å². The van der Waals surface area contributed by atoms with E-state index in [1.807, 2.05) is 0 Å². The first-order valence-corrected chi connectivity index (χ1v) is 6.22. The van der Waals surface area contributed by atoms with Crippen molar-refractivity contribution in [3.8, 4) is 5.88 Å². The predicted octanol–water partition coefficient (Wildman–Crippen LogP) is 0.0494. The minimum absolute atomic E-state index is 0.127. The minimum Gasteiger partial charge on any atom is -0.494 e. The molecule has 0 saturated carbocycles. The zero-order chi connectivity index (χ0) is 15.3. The van der Waals surface area contributed by atoms with Gasteiger partial charge in [-0.15, -0.1) is 0 Å². The fraction of sp³-hybridized carbons (Fsp3) is 0.214. The molecule has 3 rings (SSSR count). The van der Waals surface area contributed by atoms with Crippen LogP contribution in [0.1, 0.15) is 27.6 Å². The molecular formula is C14H12N2O5.